The molecule has 2 aromatic rings. The maximum absolute atomic E-state index is 11.0. The molecule has 104 valence electrons. The van der Waals surface area contributed by atoms with Gasteiger partial charge < -0.3 is 14.6 Å². The zero-order valence-corrected chi connectivity index (χ0v) is 10.7. The predicted molar refractivity (Wildman–Crippen MR) is 69.7 cm³/mol. The van der Waals surface area contributed by atoms with Crippen LogP contribution in [0.25, 0.3) is 0 Å². The van der Waals surface area contributed by atoms with Gasteiger partial charge in [-0.3, -0.25) is 0 Å². The Morgan fingerprint density at radius 2 is 2.25 bits per heavy atom. The number of nitrogens with zero attached hydrogens (tertiary/aromatic N) is 2. The van der Waals surface area contributed by atoms with Crippen molar-refractivity contribution in [3.05, 3.63) is 47.7 Å². The van der Waals surface area contributed by atoms with Gasteiger partial charge in [0.2, 0.25) is 5.88 Å². The number of hydrogen-bond acceptors (Lipinski definition) is 4. The first-order valence-corrected chi connectivity index (χ1v) is 6.31. The molecule has 1 aromatic carbocycles. The molecule has 0 saturated carbocycles. The lowest BCUT2D eigenvalue weighted by atomic mass is 10.2. The number of carboxylic acids is 1. The van der Waals surface area contributed by atoms with Gasteiger partial charge in [-0.1, -0.05) is 30.3 Å². The molecule has 0 bridgehead atoms. The first-order chi connectivity index (χ1) is 9.74. The summed E-state index contributed by atoms with van der Waals surface area (Å²) in [5.41, 5.74) is 1.18. The van der Waals surface area contributed by atoms with Crippen LogP contribution in [0, 0.1) is 0 Å². The van der Waals surface area contributed by atoms with Crippen LogP contribution in [0.15, 0.2) is 36.5 Å². The Hall–Kier alpha value is -2.34. The van der Waals surface area contributed by atoms with Crippen molar-refractivity contribution in [2.45, 2.75) is 19.3 Å². The zero-order chi connectivity index (χ0) is 13.9. The SMILES string of the molecule is O=C(O)c1cnn2c1OCC(OCc1ccccc1)C2. The van der Waals surface area contributed by atoms with Gasteiger partial charge in [0, 0.05) is 0 Å². The minimum Gasteiger partial charge on any atom is -0.477 e. The van der Waals surface area contributed by atoms with Crippen LogP contribution < -0.4 is 4.74 Å². The number of carbonyl (C=O) groups is 1. The number of fused-ring (bicyclic) bond motifs is 1. The number of ether oxygens (including phenoxy) is 2. The van der Waals surface area contributed by atoms with E-state index in [0.717, 1.165) is 5.56 Å². The molecule has 0 fully saturated rings. The Kier molecular flexibility index (Phi) is 3.39. The highest BCUT2D eigenvalue weighted by Gasteiger charge is 2.26. The van der Waals surface area contributed by atoms with Crippen LogP contribution in [0.3, 0.4) is 0 Å². The zero-order valence-electron chi connectivity index (χ0n) is 10.7. The molecule has 1 N–H and O–H groups in total. The number of benzene rings is 1. The van der Waals surface area contributed by atoms with E-state index < -0.39 is 5.97 Å². The number of aromatic nitrogens is 2. The number of aromatic carboxylic acids is 1. The topological polar surface area (TPSA) is 73.6 Å². The summed E-state index contributed by atoms with van der Waals surface area (Å²) < 4.78 is 12.7. The van der Waals surface area contributed by atoms with Crippen molar-refractivity contribution in [1.82, 2.24) is 9.78 Å². The van der Waals surface area contributed by atoms with Gasteiger partial charge in [-0.25, -0.2) is 9.48 Å². The summed E-state index contributed by atoms with van der Waals surface area (Å²) in [6, 6.07) is 9.86. The smallest absolute Gasteiger partial charge is 0.342 e. The van der Waals surface area contributed by atoms with E-state index >= 15 is 0 Å². The molecule has 1 atom stereocenters. The first kappa shape index (κ1) is 12.7. The second-order valence-electron chi connectivity index (χ2n) is 4.58. The predicted octanol–water partition coefficient (Wildman–Crippen LogP) is 1.56. The van der Waals surface area contributed by atoms with Crippen LogP contribution in [0.4, 0.5) is 0 Å². The molecule has 0 amide bonds. The van der Waals surface area contributed by atoms with Crippen LogP contribution in [0.2, 0.25) is 0 Å². The van der Waals surface area contributed by atoms with Gasteiger partial charge in [-0.2, -0.15) is 5.10 Å². The molecule has 3 rings (SSSR count). The second kappa shape index (κ2) is 5.34. The van der Waals surface area contributed by atoms with Crippen molar-refractivity contribution in [1.29, 1.82) is 0 Å². The highest BCUT2D eigenvalue weighted by molar-refractivity contribution is 5.90. The van der Waals surface area contributed by atoms with E-state index in [9.17, 15) is 4.79 Å². The summed E-state index contributed by atoms with van der Waals surface area (Å²) in [4.78, 5) is 11.0. The molecular formula is C14H14N2O4. The van der Waals surface area contributed by atoms with E-state index in [1.807, 2.05) is 30.3 Å². The van der Waals surface area contributed by atoms with E-state index in [-0.39, 0.29) is 11.7 Å². The van der Waals surface area contributed by atoms with Gasteiger partial charge in [0.15, 0.2) is 0 Å². The van der Waals surface area contributed by atoms with Gasteiger partial charge in [0.05, 0.1) is 19.3 Å². The standard InChI is InChI=1S/C14H14N2O4/c17-14(18)12-6-15-16-7-11(9-20-13(12)16)19-8-10-4-2-1-3-5-10/h1-6,11H,7-9H2,(H,17,18). The average Bonchev–Trinajstić information content (AvgIpc) is 2.89. The van der Waals surface area contributed by atoms with E-state index in [1.54, 1.807) is 0 Å². The molecule has 0 spiro atoms. The maximum Gasteiger partial charge on any atom is 0.342 e. The highest BCUT2D eigenvalue weighted by Crippen LogP contribution is 2.23. The van der Waals surface area contributed by atoms with Gasteiger partial charge >= 0.3 is 5.97 Å². The van der Waals surface area contributed by atoms with Crippen molar-refractivity contribution in [3.63, 3.8) is 0 Å². The van der Waals surface area contributed by atoms with Crippen LogP contribution in [0.5, 0.6) is 5.88 Å². The van der Waals surface area contributed by atoms with Crippen LogP contribution >= 0.6 is 0 Å². The normalized spacial score (nSPS) is 17.3. The fourth-order valence-corrected chi connectivity index (χ4v) is 2.11. The molecular weight excluding hydrogens is 260 g/mol. The minimum atomic E-state index is -1.03. The number of hydrogen-bond donors (Lipinski definition) is 1. The second-order valence-corrected chi connectivity index (χ2v) is 4.58. The van der Waals surface area contributed by atoms with Crippen molar-refractivity contribution in [2.75, 3.05) is 6.61 Å². The fraction of sp³-hybridized carbons (Fsp3) is 0.286. The molecule has 20 heavy (non-hydrogen) atoms. The molecule has 1 aliphatic rings. The Labute approximate surface area is 115 Å². The minimum absolute atomic E-state index is 0.0894. The third-order valence-electron chi connectivity index (χ3n) is 3.13. The number of carboxylic acid groups (broad SMARTS) is 1. The summed E-state index contributed by atoms with van der Waals surface area (Å²) >= 11 is 0. The maximum atomic E-state index is 11.0. The lowest BCUT2D eigenvalue weighted by Gasteiger charge is -2.24. The number of rotatable bonds is 4. The van der Waals surface area contributed by atoms with E-state index in [0.29, 0.717) is 25.6 Å². The molecule has 0 radical (unpaired) electrons. The van der Waals surface area contributed by atoms with E-state index in [4.69, 9.17) is 14.6 Å². The lowest BCUT2D eigenvalue weighted by molar-refractivity contribution is -0.0221. The van der Waals surface area contributed by atoms with Gasteiger partial charge in [0.1, 0.15) is 18.3 Å². The summed E-state index contributed by atoms with van der Waals surface area (Å²) in [6.45, 7) is 1.32. The molecule has 0 aliphatic carbocycles. The first-order valence-electron chi connectivity index (χ1n) is 6.31. The largest absolute Gasteiger partial charge is 0.477 e. The monoisotopic (exact) mass is 274 g/mol. The van der Waals surface area contributed by atoms with Crippen LogP contribution in [-0.4, -0.2) is 33.6 Å². The Morgan fingerprint density at radius 1 is 1.45 bits per heavy atom. The summed E-state index contributed by atoms with van der Waals surface area (Å²) in [5.74, 6) is -0.730. The third-order valence-corrected chi connectivity index (χ3v) is 3.13. The van der Waals surface area contributed by atoms with Crippen molar-refractivity contribution >= 4 is 5.97 Å². The van der Waals surface area contributed by atoms with Crippen molar-refractivity contribution in [2.24, 2.45) is 0 Å². The summed E-state index contributed by atoms with van der Waals surface area (Å²) in [5, 5.41) is 13.0. The lowest BCUT2D eigenvalue weighted by Crippen LogP contribution is -2.33. The van der Waals surface area contributed by atoms with Crippen LogP contribution in [0.1, 0.15) is 15.9 Å². The Balaban J connectivity index is 1.63. The Morgan fingerprint density at radius 3 is 3.00 bits per heavy atom. The Bertz CT molecular complexity index is 609. The summed E-state index contributed by atoms with van der Waals surface area (Å²) in [7, 11) is 0. The highest BCUT2D eigenvalue weighted by atomic mass is 16.5. The quantitative estimate of drug-likeness (QED) is 0.915. The van der Waals surface area contributed by atoms with Crippen molar-refractivity contribution in [3.8, 4) is 5.88 Å². The fourth-order valence-electron chi connectivity index (χ4n) is 2.11. The molecule has 2 heterocycles. The van der Waals surface area contributed by atoms with Gasteiger partial charge in [0.25, 0.3) is 0 Å². The van der Waals surface area contributed by atoms with Gasteiger partial charge in [-0.15, -0.1) is 0 Å². The summed E-state index contributed by atoms with van der Waals surface area (Å²) in [6.07, 6.45) is 1.17. The van der Waals surface area contributed by atoms with E-state index in [1.165, 1.54) is 10.9 Å². The van der Waals surface area contributed by atoms with E-state index in [2.05, 4.69) is 5.10 Å². The third kappa shape index (κ3) is 2.50. The molecule has 1 aromatic heterocycles. The van der Waals surface area contributed by atoms with Crippen LogP contribution in [-0.2, 0) is 17.9 Å². The molecule has 1 aliphatic heterocycles. The van der Waals surface area contributed by atoms with Gasteiger partial charge in [-0.05, 0) is 5.56 Å². The average molecular weight is 274 g/mol. The van der Waals surface area contributed by atoms with Crippen molar-refractivity contribution < 1.29 is 19.4 Å². The molecule has 6 heteroatoms. The molecule has 1 unspecified atom stereocenters. The molecule has 0 saturated heterocycles. The molecule has 6 nitrogen and oxygen atoms in total.